The van der Waals surface area contributed by atoms with Gasteiger partial charge in [-0.2, -0.15) is 0 Å². The van der Waals surface area contributed by atoms with Crippen molar-refractivity contribution in [3.63, 3.8) is 0 Å². The number of hydrogen-bond acceptors (Lipinski definition) is 3. The van der Waals surface area contributed by atoms with Crippen molar-refractivity contribution in [3.05, 3.63) is 65.7 Å². The highest BCUT2D eigenvalue weighted by atomic mass is 19.4. The number of hydrogen-bond donors (Lipinski definition) is 0. The molecular weight excluding hydrogens is 541 g/mol. The summed E-state index contributed by atoms with van der Waals surface area (Å²) in [6.07, 6.45) is -0.0980. The largest absolute Gasteiger partial charge is 0.573 e. The van der Waals surface area contributed by atoms with Crippen LogP contribution in [0.25, 0.3) is 0 Å². The number of ether oxygens (including phenoxy) is 1. The summed E-state index contributed by atoms with van der Waals surface area (Å²) >= 11 is 0. The summed E-state index contributed by atoms with van der Waals surface area (Å²) in [5.74, 6) is 0.809. The lowest BCUT2D eigenvalue weighted by Crippen LogP contribution is -2.48. The van der Waals surface area contributed by atoms with E-state index in [1.165, 1.54) is 12.1 Å². The first-order valence-corrected chi connectivity index (χ1v) is 15.1. The van der Waals surface area contributed by atoms with Crippen LogP contribution >= 0.6 is 0 Å². The fourth-order valence-electron chi connectivity index (χ4n) is 5.70. The molecule has 0 spiro atoms. The zero-order chi connectivity index (χ0) is 31.5. The highest BCUT2D eigenvalue weighted by Gasteiger charge is 2.33. The Hall–Kier alpha value is -3.03. The molecule has 42 heavy (non-hydrogen) atoms. The second-order valence-corrected chi connectivity index (χ2v) is 12.3. The second kappa shape index (κ2) is 16.0. The molecule has 0 aromatic heterocycles. The lowest BCUT2D eigenvalue weighted by Gasteiger charge is -2.41. The van der Waals surface area contributed by atoms with E-state index in [1.54, 1.807) is 19.1 Å². The van der Waals surface area contributed by atoms with Gasteiger partial charge in [0.25, 0.3) is 0 Å². The Bertz CT molecular complexity index is 1090. The van der Waals surface area contributed by atoms with Crippen LogP contribution in [0.1, 0.15) is 97.6 Å². The number of likely N-dealkylation sites (tertiary alicyclic amines) is 1. The molecule has 0 N–H and O–H groups in total. The van der Waals surface area contributed by atoms with Crippen molar-refractivity contribution in [1.82, 2.24) is 9.80 Å². The predicted molar refractivity (Wildman–Crippen MR) is 162 cm³/mol. The molecule has 234 valence electrons. The van der Waals surface area contributed by atoms with Gasteiger partial charge in [-0.1, -0.05) is 84.0 Å². The van der Waals surface area contributed by atoms with Crippen molar-refractivity contribution in [2.24, 2.45) is 11.3 Å². The third-order valence-corrected chi connectivity index (χ3v) is 7.98. The summed E-state index contributed by atoms with van der Waals surface area (Å²) in [5.41, 5.74) is 2.17. The highest BCUT2D eigenvalue weighted by molar-refractivity contribution is 5.77. The topological polar surface area (TPSA) is 49.9 Å². The van der Waals surface area contributed by atoms with E-state index < -0.39 is 6.36 Å². The molecule has 2 aromatic carbocycles. The summed E-state index contributed by atoms with van der Waals surface area (Å²) in [7, 11) is 0. The van der Waals surface area contributed by atoms with Crippen LogP contribution in [0.5, 0.6) is 5.75 Å². The van der Waals surface area contributed by atoms with Gasteiger partial charge < -0.3 is 14.5 Å². The van der Waals surface area contributed by atoms with Gasteiger partial charge in [0, 0.05) is 44.9 Å². The van der Waals surface area contributed by atoms with Gasteiger partial charge in [-0.05, 0) is 60.3 Å². The van der Waals surface area contributed by atoms with Crippen LogP contribution in [0.3, 0.4) is 0 Å². The molecule has 8 heteroatoms. The standard InChI is InChI=1S/C19H36N2O2.C15H13F3O/c1-7-11-21(17(8-2)19(4,5)6)18(23)14-16-9-12-20(13-10-16)15(3)22;1-11(12-5-3-2-4-6-12)13-7-9-14(10-8-13)19-15(16,17)18/h16-17H,7-14H2,1-6H3;2-11H,1H3. The lowest BCUT2D eigenvalue weighted by molar-refractivity contribution is -0.274. The van der Waals surface area contributed by atoms with Crippen molar-refractivity contribution in [1.29, 1.82) is 0 Å². The number of carbonyl (C=O) groups is 2. The van der Waals surface area contributed by atoms with Crippen molar-refractivity contribution in [2.75, 3.05) is 19.6 Å². The number of rotatable bonds is 9. The molecule has 0 bridgehead atoms. The highest BCUT2D eigenvalue weighted by Crippen LogP contribution is 2.30. The SMILES string of the molecule is CC(c1ccccc1)c1ccc(OC(F)(F)F)cc1.CCCN(C(=O)CC1CCN(C(C)=O)CC1)C(CC)C(C)(C)C. The molecule has 3 rings (SSSR count). The third kappa shape index (κ3) is 11.3. The Morgan fingerprint density at radius 1 is 0.952 bits per heavy atom. The summed E-state index contributed by atoms with van der Waals surface area (Å²) in [6, 6.07) is 16.1. The van der Waals surface area contributed by atoms with E-state index in [9.17, 15) is 22.8 Å². The van der Waals surface area contributed by atoms with E-state index in [0.717, 1.165) is 56.4 Å². The van der Waals surface area contributed by atoms with Crippen LogP contribution in [-0.4, -0.2) is 53.7 Å². The molecule has 1 fully saturated rings. The fraction of sp³-hybridized carbons (Fsp3) is 0.588. The average Bonchev–Trinajstić information content (AvgIpc) is 2.92. The first kappa shape index (κ1) is 35.2. The fourth-order valence-corrected chi connectivity index (χ4v) is 5.70. The maximum Gasteiger partial charge on any atom is 0.573 e. The van der Waals surface area contributed by atoms with Crippen molar-refractivity contribution in [3.8, 4) is 5.75 Å². The summed E-state index contributed by atoms with van der Waals surface area (Å²) < 4.78 is 40.0. The molecule has 2 aromatic rings. The minimum atomic E-state index is -4.65. The van der Waals surface area contributed by atoms with Crippen LogP contribution < -0.4 is 4.74 Å². The van der Waals surface area contributed by atoms with Crippen molar-refractivity contribution >= 4 is 11.8 Å². The van der Waals surface area contributed by atoms with E-state index in [2.05, 4.69) is 44.3 Å². The molecule has 0 aliphatic carbocycles. The smallest absolute Gasteiger partial charge is 0.406 e. The van der Waals surface area contributed by atoms with Gasteiger partial charge in [0.1, 0.15) is 5.75 Å². The molecule has 5 nitrogen and oxygen atoms in total. The van der Waals surface area contributed by atoms with Crippen molar-refractivity contribution in [2.45, 2.75) is 98.9 Å². The number of halogens is 3. The third-order valence-electron chi connectivity index (χ3n) is 7.98. The van der Waals surface area contributed by atoms with E-state index in [4.69, 9.17) is 0 Å². The Labute approximate surface area is 250 Å². The van der Waals surface area contributed by atoms with E-state index in [1.807, 2.05) is 42.2 Å². The monoisotopic (exact) mass is 590 g/mol. The molecule has 2 amide bonds. The summed E-state index contributed by atoms with van der Waals surface area (Å²) in [4.78, 5) is 28.3. The lowest BCUT2D eigenvalue weighted by atomic mass is 9.83. The molecule has 1 heterocycles. The minimum Gasteiger partial charge on any atom is -0.406 e. The average molecular weight is 591 g/mol. The van der Waals surface area contributed by atoms with Gasteiger partial charge >= 0.3 is 6.36 Å². The summed E-state index contributed by atoms with van der Waals surface area (Å²) in [5, 5.41) is 0. The molecule has 1 saturated heterocycles. The number of carbonyl (C=O) groups excluding carboxylic acids is 2. The predicted octanol–water partition coefficient (Wildman–Crippen LogP) is 8.44. The van der Waals surface area contributed by atoms with Crippen LogP contribution in [0.2, 0.25) is 0 Å². The zero-order valence-corrected chi connectivity index (χ0v) is 26.3. The number of nitrogens with zero attached hydrogens (tertiary/aromatic N) is 2. The van der Waals surface area contributed by atoms with Crippen LogP contribution in [-0.2, 0) is 9.59 Å². The Morgan fingerprint density at radius 3 is 1.95 bits per heavy atom. The van der Waals surface area contributed by atoms with Crippen LogP contribution in [0, 0.1) is 11.3 Å². The van der Waals surface area contributed by atoms with E-state index in [-0.39, 0.29) is 23.0 Å². The minimum absolute atomic E-state index is 0.109. The quantitative estimate of drug-likeness (QED) is 0.295. The van der Waals surface area contributed by atoms with Crippen LogP contribution in [0.4, 0.5) is 13.2 Å². The van der Waals surface area contributed by atoms with Crippen LogP contribution in [0.15, 0.2) is 54.6 Å². The van der Waals surface area contributed by atoms with Gasteiger partial charge in [0.2, 0.25) is 11.8 Å². The molecular formula is C34H49F3N2O3. The maximum absolute atomic E-state index is 12.9. The molecule has 1 aliphatic rings. The maximum atomic E-state index is 12.9. The molecule has 2 unspecified atom stereocenters. The number of piperidine rings is 1. The Kier molecular flexibility index (Phi) is 13.4. The van der Waals surface area contributed by atoms with Gasteiger partial charge in [0.15, 0.2) is 0 Å². The molecule has 2 atom stereocenters. The molecule has 0 saturated carbocycles. The van der Waals surface area contributed by atoms with Gasteiger partial charge in [-0.3, -0.25) is 9.59 Å². The first-order valence-electron chi connectivity index (χ1n) is 15.1. The summed E-state index contributed by atoms with van der Waals surface area (Å²) in [6.45, 7) is 17.1. The van der Waals surface area contributed by atoms with E-state index >= 15 is 0 Å². The van der Waals surface area contributed by atoms with E-state index in [0.29, 0.717) is 24.3 Å². The molecule has 1 aliphatic heterocycles. The Balaban J connectivity index is 0.000000298. The second-order valence-electron chi connectivity index (χ2n) is 12.3. The van der Waals surface area contributed by atoms with Gasteiger partial charge in [0.05, 0.1) is 0 Å². The normalized spacial score (nSPS) is 15.7. The van der Waals surface area contributed by atoms with Gasteiger partial charge in [-0.15, -0.1) is 13.2 Å². The first-order chi connectivity index (χ1) is 19.7. The number of alkyl halides is 3. The number of benzene rings is 2. The van der Waals surface area contributed by atoms with Crippen molar-refractivity contribution < 1.29 is 27.5 Å². The number of amides is 2. The van der Waals surface area contributed by atoms with Gasteiger partial charge in [-0.25, -0.2) is 0 Å². The molecule has 0 radical (unpaired) electrons. The zero-order valence-electron chi connectivity index (χ0n) is 26.3. The Morgan fingerprint density at radius 2 is 1.50 bits per heavy atom.